The molecule has 5 N–H and O–H groups in total. The topological polar surface area (TPSA) is 110 Å². The molecule has 1 heterocycles. The molecular weight excluding hydrogens is 388 g/mol. The minimum Gasteiger partial charge on any atom is -0.426 e. The van der Waals surface area contributed by atoms with Crippen molar-refractivity contribution in [3.05, 3.63) is 81.6 Å². The fourth-order valence-corrected chi connectivity index (χ4v) is 3.51. The van der Waals surface area contributed by atoms with E-state index >= 15 is 0 Å². The molecule has 0 saturated carbocycles. The van der Waals surface area contributed by atoms with Gasteiger partial charge in [0, 0.05) is 17.6 Å². The van der Waals surface area contributed by atoms with Crippen LogP contribution in [0.25, 0.3) is 0 Å². The highest BCUT2D eigenvalue weighted by atomic mass is 32.1. The minimum absolute atomic E-state index is 0.00128. The summed E-state index contributed by atoms with van der Waals surface area (Å²) < 4.78 is 0.717. The Bertz CT molecular complexity index is 983. The third-order valence-corrected chi connectivity index (χ3v) is 5.25. The number of hydrogen-bond acceptors (Lipinski definition) is 6. The Labute approximate surface area is 172 Å². The molecule has 0 aliphatic carbocycles. The second-order valence-electron chi connectivity index (χ2n) is 6.65. The van der Waals surface area contributed by atoms with Crippen molar-refractivity contribution in [3.63, 3.8) is 0 Å². The van der Waals surface area contributed by atoms with Gasteiger partial charge < -0.3 is 20.9 Å². The van der Waals surface area contributed by atoms with Crippen LogP contribution in [0.5, 0.6) is 0 Å². The number of hydrogen-bond donors (Lipinski definition) is 5. The number of rotatable bonds is 9. The molecule has 3 aromatic rings. The first-order valence-corrected chi connectivity index (χ1v) is 10.2. The molecule has 0 bridgehead atoms. The van der Waals surface area contributed by atoms with E-state index in [1.54, 1.807) is 5.38 Å². The fraction of sp³-hybridized carbons (Fsp3) is 0.238. The van der Waals surface area contributed by atoms with E-state index in [9.17, 15) is 15.1 Å². The van der Waals surface area contributed by atoms with E-state index in [0.29, 0.717) is 17.9 Å². The van der Waals surface area contributed by atoms with E-state index in [2.05, 4.69) is 10.6 Å². The molecule has 1 atom stereocenters. The van der Waals surface area contributed by atoms with Gasteiger partial charge in [0.05, 0.1) is 18.2 Å². The third kappa shape index (κ3) is 6.02. The van der Waals surface area contributed by atoms with Crippen molar-refractivity contribution in [3.8, 4) is 0 Å². The zero-order valence-electron chi connectivity index (χ0n) is 15.8. The van der Waals surface area contributed by atoms with Crippen LogP contribution in [0.15, 0.2) is 60.0 Å². The number of nitrogens with one attached hydrogen (secondary N) is 3. The summed E-state index contributed by atoms with van der Waals surface area (Å²) >= 11 is 1.07. The van der Waals surface area contributed by atoms with Gasteiger partial charge in [0.15, 0.2) is 0 Å². The van der Waals surface area contributed by atoms with Crippen LogP contribution in [0.2, 0.25) is 0 Å². The summed E-state index contributed by atoms with van der Waals surface area (Å²) in [6.45, 7) is 1.23. The minimum atomic E-state index is -0.527. The first kappa shape index (κ1) is 20.8. The van der Waals surface area contributed by atoms with Gasteiger partial charge in [0.25, 0.3) is 0 Å². The predicted octanol–water partition coefficient (Wildman–Crippen LogP) is 2.31. The highest BCUT2D eigenvalue weighted by Gasteiger charge is 2.10. The second-order valence-corrected chi connectivity index (χ2v) is 7.50. The molecule has 1 aromatic heterocycles. The lowest BCUT2D eigenvalue weighted by Crippen LogP contribution is -2.23. The molecule has 0 saturated heterocycles. The Kier molecular flexibility index (Phi) is 7.18. The molecular formula is C21H24N4O3S. The van der Waals surface area contributed by atoms with Crippen molar-refractivity contribution >= 4 is 22.9 Å². The van der Waals surface area contributed by atoms with Gasteiger partial charge in [0.2, 0.25) is 10.7 Å². The van der Waals surface area contributed by atoms with Crippen LogP contribution in [0, 0.1) is 5.41 Å². The number of carbonyl (C=O) groups excluding carboxylic acids is 1. The summed E-state index contributed by atoms with van der Waals surface area (Å²) in [5, 5.41) is 34.8. The van der Waals surface area contributed by atoms with Gasteiger partial charge in [-0.3, -0.25) is 10.2 Å². The Morgan fingerprint density at radius 2 is 1.86 bits per heavy atom. The molecule has 0 radical (unpaired) electrons. The zero-order valence-corrected chi connectivity index (χ0v) is 16.7. The number of amides is 1. The first-order chi connectivity index (χ1) is 14.0. The quantitative estimate of drug-likeness (QED) is 0.274. The molecule has 152 valence electrons. The Morgan fingerprint density at radius 1 is 1.14 bits per heavy atom. The largest absolute Gasteiger partial charge is 0.426 e. The monoisotopic (exact) mass is 412 g/mol. The van der Waals surface area contributed by atoms with Crippen molar-refractivity contribution in [1.82, 2.24) is 10.0 Å². The van der Waals surface area contributed by atoms with E-state index < -0.39 is 6.10 Å². The van der Waals surface area contributed by atoms with Gasteiger partial charge in [-0.15, -0.1) is 11.3 Å². The Morgan fingerprint density at radius 3 is 2.52 bits per heavy atom. The standard InChI is InChI=1S/C21H24N4O3S/c22-21-25(28)18(14-29-21)12-20(27)24-17-8-6-15(7-9-17)10-11-23-13-19(26)16-4-2-1-3-5-16/h1-9,14,19,22-23,26,28H,10-13H2,(H,24,27)/t19-/m0/s1. The average Bonchev–Trinajstić information content (AvgIpc) is 3.05. The molecule has 7 nitrogen and oxygen atoms in total. The molecule has 3 rings (SSSR count). The van der Waals surface area contributed by atoms with Crippen molar-refractivity contribution in [1.29, 1.82) is 5.41 Å². The van der Waals surface area contributed by atoms with Crippen molar-refractivity contribution in [2.24, 2.45) is 0 Å². The number of nitrogens with zero attached hydrogens (tertiary/aromatic N) is 1. The van der Waals surface area contributed by atoms with Gasteiger partial charge in [-0.2, -0.15) is 4.73 Å². The summed E-state index contributed by atoms with van der Waals surface area (Å²) in [6, 6.07) is 17.1. The second kappa shape index (κ2) is 10.0. The van der Waals surface area contributed by atoms with Crippen LogP contribution in [-0.4, -0.2) is 34.0 Å². The molecule has 0 spiro atoms. The maximum Gasteiger partial charge on any atom is 0.230 e. The van der Waals surface area contributed by atoms with Gasteiger partial charge in [-0.25, -0.2) is 0 Å². The molecule has 2 aromatic carbocycles. The lowest BCUT2D eigenvalue weighted by Gasteiger charge is -2.12. The van der Waals surface area contributed by atoms with Crippen LogP contribution in [-0.2, 0) is 17.6 Å². The van der Waals surface area contributed by atoms with E-state index in [0.717, 1.165) is 40.2 Å². The molecule has 0 aliphatic rings. The zero-order chi connectivity index (χ0) is 20.6. The molecule has 0 aliphatic heterocycles. The maximum absolute atomic E-state index is 12.1. The number of anilines is 1. The predicted molar refractivity (Wildman–Crippen MR) is 112 cm³/mol. The van der Waals surface area contributed by atoms with E-state index in [4.69, 9.17) is 5.41 Å². The number of carbonyl (C=O) groups is 1. The van der Waals surface area contributed by atoms with E-state index in [-0.39, 0.29) is 17.1 Å². The normalized spacial score (nSPS) is 11.9. The maximum atomic E-state index is 12.1. The molecule has 29 heavy (non-hydrogen) atoms. The SMILES string of the molecule is N=c1scc(CC(=O)Nc2ccc(CCNC[C@H](O)c3ccccc3)cc2)n1O. The van der Waals surface area contributed by atoms with Crippen LogP contribution in [0.4, 0.5) is 5.69 Å². The smallest absolute Gasteiger partial charge is 0.230 e. The Balaban J connectivity index is 1.41. The number of aromatic nitrogens is 1. The number of aliphatic hydroxyl groups is 1. The summed E-state index contributed by atoms with van der Waals surface area (Å²) in [5.41, 5.74) is 3.08. The summed E-state index contributed by atoms with van der Waals surface area (Å²) in [4.78, 5) is 12.1. The van der Waals surface area contributed by atoms with Gasteiger partial charge in [-0.05, 0) is 36.2 Å². The molecule has 8 heteroatoms. The van der Waals surface area contributed by atoms with Crippen LogP contribution >= 0.6 is 11.3 Å². The lowest BCUT2D eigenvalue weighted by atomic mass is 10.1. The molecule has 1 amide bonds. The highest BCUT2D eigenvalue weighted by molar-refractivity contribution is 7.07. The van der Waals surface area contributed by atoms with Crippen LogP contribution in [0.1, 0.15) is 22.9 Å². The van der Waals surface area contributed by atoms with Crippen LogP contribution < -0.4 is 15.4 Å². The van der Waals surface area contributed by atoms with Crippen molar-refractivity contribution < 1.29 is 15.1 Å². The average molecular weight is 413 g/mol. The molecule has 0 fully saturated rings. The first-order valence-electron chi connectivity index (χ1n) is 9.28. The fourth-order valence-electron chi connectivity index (χ4n) is 2.86. The lowest BCUT2D eigenvalue weighted by molar-refractivity contribution is -0.115. The molecule has 0 unspecified atom stereocenters. The number of benzene rings is 2. The van der Waals surface area contributed by atoms with Gasteiger partial charge in [0.1, 0.15) is 0 Å². The van der Waals surface area contributed by atoms with Gasteiger partial charge >= 0.3 is 0 Å². The number of aliphatic hydroxyl groups excluding tert-OH is 1. The summed E-state index contributed by atoms with van der Waals surface area (Å²) in [7, 11) is 0. The number of thiazole rings is 1. The summed E-state index contributed by atoms with van der Waals surface area (Å²) in [6.07, 6.45) is 0.281. The van der Waals surface area contributed by atoms with Crippen molar-refractivity contribution in [2.75, 3.05) is 18.4 Å². The van der Waals surface area contributed by atoms with E-state index in [1.807, 2.05) is 54.6 Å². The Hall–Kier alpha value is -2.94. The van der Waals surface area contributed by atoms with E-state index in [1.165, 1.54) is 0 Å². The third-order valence-electron chi connectivity index (χ3n) is 4.46. The summed E-state index contributed by atoms with van der Waals surface area (Å²) in [5.74, 6) is -0.255. The van der Waals surface area contributed by atoms with Crippen molar-refractivity contribution in [2.45, 2.75) is 18.9 Å². The highest BCUT2D eigenvalue weighted by Crippen LogP contribution is 2.12. The van der Waals surface area contributed by atoms with Crippen LogP contribution in [0.3, 0.4) is 0 Å². The van der Waals surface area contributed by atoms with Gasteiger partial charge in [-0.1, -0.05) is 42.5 Å².